The Bertz CT molecular complexity index is 1770. The van der Waals surface area contributed by atoms with Gasteiger partial charge in [-0.05, 0) is 74.2 Å². The van der Waals surface area contributed by atoms with Crippen molar-refractivity contribution in [2.75, 3.05) is 5.32 Å². The molecular formula is C32H28F2N6O2S. The van der Waals surface area contributed by atoms with E-state index in [2.05, 4.69) is 25.9 Å². The molecule has 218 valence electrons. The molecule has 43 heavy (non-hydrogen) atoms. The van der Waals surface area contributed by atoms with Gasteiger partial charge < -0.3 is 20.4 Å². The zero-order chi connectivity index (χ0) is 29.8. The molecule has 0 atom stereocenters. The summed E-state index contributed by atoms with van der Waals surface area (Å²) in [6, 6.07) is 21.5. The molecule has 0 radical (unpaired) electrons. The van der Waals surface area contributed by atoms with Crippen molar-refractivity contribution in [3.05, 3.63) is 114 Å². The number of imidazole rings is 1. The zero-order valence-electron chi connectivity index (χ0n) is 23.0. The summed E-state index contributed by atoms with van der Waals surface area (Å²) in [5.41, 5.74) is 1.53. The Morgan fingerprint density at radius 3 is 2.28 bits per heavy atom. The first-order valence-corrected chi connectivity index (χ1v) is 14.7. The monoisotopic (exact) mass is 598 g/mol. The first-order valence-electron chi connectivity index (χ1n) is 13.9. The third kappa shape index (κ3) is 7.00. The van der Waals surface area contributed by atoms with Crippen molar-refractivity contribution in [2.24, 2.45) is 0 Å². The average molecular weight is 599 g/mol. The van der Waals surface area contributed by atoms with E-state index in [1.807, 2.05) is 54.6 Å². The summed E-state index contributed by atoms with van der Waals surface area (Å²) in [5.74, 6) is -1.52. The molecular weight excluding hydrogens is 570 g/mol. The fourth-order valence-electron chi connectivity index (χ4n) is 5.09. The Morgan fingerprint density at radius 2 is 1.51 bits per heavy atom. The van der Waals surface area contributed by atoms with Gasteiger partial charge in [-0.3, -0.25) is 9.59 Å². The van der Waals surface area contributed by atoms with Crippen LogP contribution in [-0.2, 0) is 0 Å². The Kier molecular flexibility index (Phi) is 8.32. The maximum absolute atomic E-state index is 14.2. The molecule has 1 aliphatic rings. The number of halogens is 2. The van der Waals surface area contributed by atoms with Crippen LogP contribution in [0.25, 0.3) is 5.65 Å². The fraction of sp³-hybridized carbons (Fsp3) is 0.188. The molecule has 0 unspecified atom stereocenters. The van der Waals surface area contributed by atoms with Crippen LogP contribution in [0.4, 0.5) is 20.3 Å². The number of rotatable bonds is 8. The van der Waals surface area contributed by atoms with Gasteiger partial charge in [0, 0.05) is 40.0 Å². The number of hydrogen-bond donors (Lipinski definition) is 3. The number of benzene rings is 2. The molecule has 11 heteroatoms. The second kappa shape index (κ2) is 12.6. The summed E-state index contributed by atoms with van der Waals surface area (Å²) >= 11 is 1.61. The van der Waals surface area contributed by atoms with Crippen molar-refractivity contribution in [1.29, 1.82) is 0 Å². The van der Waals surface area contributed by atoms with Crippen LogP contribution in [0.15, 0.2) is 101 Å². The minimum absolute atomic E-state index is 0.0868. The average Bonchev–Trinajstić information content (AvgIpc) is 3.43. The highest BCUT2D eigenvalue weighted by Gasteiger charge is 2.26. The van der Waals surface area contributed by atoms with E-state index in [4.69, 9.17) is 0 Å². The van der Waals surface area contributed by atoms with Gasteiger partial charge in [0.15, 0.2) is 0 Å². The molecule has 3 heterocycles. The van der Waals surface area contributed by atoms with E-state index >= 15 is 0 Å². The number of nitrogens with one attached hydrogen (secondary N) is 3. The normalized spacial score (nSPS) is 16.5. The van der Waals surface area contributed by atoms with Crippen LogP contribution in [0.1, 0.15) is 46.5 Å². The predicted molar refractivity (Wildman–Crippen MR) is 161 cm³/mol. The molecule has 0 aliphatic heterocycles. The van der Waals surface area contributed by atoms with E-state index in [0.29, 0.717) is 31.3 Å². The smallest absolute Gasteiger partial charge is 0.271 e. The second-order valence-corrected chi connectivity index (χ2v) is 11.5. The molecule has 6 rings (SSSR count). The second-order valence-electron chi connectivity index (χ2n) is 10.4. The molecule has 3 aromatic heterocycles. The lowest BCUT2D eigenvalue weighted by Crippen LogP contribution is -2.44. The van der Waals surface area contributed by atoms with Crippen LogP contribution in [-0.4, -0.2) is 38.3 Å². The van der Waals surface area contributed by atoms with Gasteiger partial charge in [-0.2, -0.15) is 0 Å². The van der Waals surface area contributed by atoms with Crippen LogP contribution in [0.3, 0.4) is 0 Å². The van der Waals surface area contributed by atoms with E-state index in [-0.39, 0.29) is 35.1 Å². The summed E-state index contributed by atoms with van der Waals surface area (Å²) in [4.78, 5) is 36.5. The lowest BCUT2D eigenvalue weighted by atomic mass is 9.91. The highest BCUT2D eigenvalue weighted by Crippen LogP contribution is 2.30. The van der Waals surface area contributed by atoms with Gasteiger partial charge in [0.2, 0.25) is 0 Å². The van der Waals surface area contributed by atoms with E-state index < -0.39 is 17.5 Å². The van der Waals surface area contributed by atoms with Crippen molar-refractivity contribution >= 4 is 40.7 Å². The van der Waals surface area contributed by atoms with Gasteiger partial charge >= 0.3 is 0 Å². The molecule has 2 amide bonds. The summed E-state index contributed by atoms with van der Waals surface area (Å²) in [7, 11) is 0. The quantitative estimate of drug-likeness (QED) is 0.192. The standard InChI is InChI=1S/C32H28F2N6O2S/c33-20-9-14-29-39-28(19-40(29)18-20)32(42)38-23-12-10-22(11-13-23)37-31(41)27-15-21(34)17-35-30(27)36-24-5-4-8-26(16-24)43-25-6-2-1-3-7-25/h1-9,14-19,22-23H,10-13H2,(H,35,36)(H,37,41)(H,38,42)/t22-,23+. The van der Waals surface area contributed by atoms with Crippen LogP contribution in [0.2, 0.25) is 0 Å². The van der Waals surface area contributed by atoms with Crippen LogP contribution in [0.5, 0.6) is 0 Å². The fourth-order valence-corrected chi connectivity index (χ4v) is 5.99. The third-order valence-corrected chi connectivity index (χ3v) is 8.22. The molecule has 1 saturated carbocycles. The van der Waals surface area contributed by atoms with Crippen LogP contribution >= 0.6 is 11.8 Å². The molecule has 3 N–H and O–H groups in total. The van der Waals surface area contributed by atoms with Gasteiger partial charge in [0.05, 0.1) is 11.8 Å². The van der Waals surface area contributed by atoms with Crippen molar-refractivity contribution in [3.63, 3.8) is 0 Å². The highest BCUT2D eigenvalue weighted by atomic mass is 32.2. The number of carbonyl (C=O) groups is 2. The zero-order valence-corrected chi connectivity index (χ0v) is 23.8. The predicted octanol–water partition coefficient (Wildman–Crippen LogP) is 6.37. The maximum atomic E-state index is 14.2. The topological polar surface area (TPSA) is 100 Å². The number of pyridine rings is 2. The van der Waals surface area contributed by atoms with Crippen molar-refractivity contribution in [1.82, 2.24) is 25.0 Å². The summed E-state index contributed by atoms with van der Waals surface area (Å²) < 4.78 is 29.1. The first kappa shape index (κ1) is 28.4. The van der Waals surface area contributed by atoms with Gasteiger partial charge in [0.25, 0.3) is 11.8 Å². The Morgan fingerprint density at radius 1 is 0.791 bits per heavy atom. The Hall–Kier alpha value is -4.77. The molecule has 0 bridgehead atoms. The molecule has 0 saturated heterocycles. The van der Waals surface area contributed by atoms with Crippen molar-refractivity contribution in [3.8, 4) is 0 Å². The minimum atomic E-state index is -0.606. The van der Waals surface area contributed by atoms with Crippen LogP contribution < -0.4 is 16.0 Å². The van der Waals surface area contributed by atoms with Crippen molar-refractivity contribution < 1.29 is 18.4 Å². The molecule has 2 aromatic carbocycles. The van der Waals surface area contributed by atoms with Gasteiger partial charge in [-0.25, -0.2) is 18.7 Å². The number of amides is 2. The number of fused-ring (bicyclic) bond motifs is 1. The molecule has 0 spiro atoms. The number of carbonyl (C=O) groups excluding carboxylic acids is 2. The summed E-state index contributed by atoms with van der Waals surface area (Å²) in [5, 5.41) is 9.17. The molecule has 5 aromatic rings. The summed E-state index contributed by atoms with van der Waals surface area (Å²) in [6.45, 7) is 0. The maximum Gasteiger partial charge on any atom is 0.271 e. The number of anilines is 2. The van der Waals surface area contributed by atoms with Gasteiger partial charge in [0.1, 0.15) is 28.8 Å². The molecule has 1 aliphatic carbocycles. The first-order chi connectivity index (χ1) is 20.9. The highest BCUT2D eigenvalue weighted by molar-refractivity contribution is 7.99. The Labute approximate surface area is 251 Å². The van der Waals surface area contributed by atoms with E-state index in [1.165, 1.54) is 35.0 Å². The van der Waals surface area contributed by atoms with Gasteiger partial charge in [-0.1, -0.05) is 36.0 Å². The van der Waals surface area contributed by atoms with E-state index in [9.17, 15) is 18.4 Å². The van der Waals surface area contributed by atoms with E-state index in [0.717, 1.165) is 21.7 Å². The number of hydrogen-bond acceptors (Lipinski definition) is 6. The molecule has 1 fully saturated rings. The largest absolute Gasteiger partial charge is 0.349 e. The number of nitrogens with zero attached hydrogens (tertiary/aromatic N) is 3. The third-order valence-electron chi connectivity index (χ3n) is 7.22. The molecule has 8 nitrogen and oxygen atoms in total. The lowest BCUT2D eigenvalue weighted by Gasteiger charge is -2.29. The number of aromatic nitrogens is 3. The SMILES string of the molecule is O=C(N[C@H]1CC[C@@H](NC(=O)c2cc(F)cnc2Nc2cccc(Sc3ccccc3)c2)CC1)c1cn2cc(F)ccc2n1. The van der Waals surface area contributed by atoms with Crippen LogP contribution in [0, 0.1) is 11.6 Å². The van der Waals surface area contributed by atoms with Gasteiger partial charge in [-0.15, -0.1) is 0 Å². The lowest BCUT2D eigenvalue weighted by molar-refractivity contribution is 0.0889. The van der Waals surface area contributed by atoms with E-state index in [1.54, 1.807) is 11.8 Å². The minimum Gasteiger partial charge on any atom is -0.349 e. The summed E-state index contributed by atoms with van der Waals surface area (Å²) in [6.07, 6.45) is 6.42. The van der Waals surface area contributed by atoms with Crippen molar-refractivity contribution in [2.45, 2.75) is 47.6 Å². The Balaban J connectivity index is 1.06.